The van der Waals surface area contributed by atoms with Gasteiger partial charge in [0.25, 0.3) is 0 Å². The number of aliphatic imine (C=N–C) groups is 1. The summed E-state index contributed by atoms with van der Waals surface area (Å²) in [6, 6.07) is 3.70. The molecule has 1 aromatic heterocycles. The van der Waals surface area contributed by atoms with Gasteiger partial charge in [-0.1, -0.05) is 0 Å². The van der Waals surface area contributed by atoms with E-state index in [1.54, 1.807) is 12.4 Å². The molecule has 0 saturated carbocycles. The number of nitrogens with zero attached hydrogens (tertiary/aromatic N) is 3. The van der Waals surface area contributed by atoms with Crippen LogP contribution in [0.25, 0.3) is 0 Å². The fraction of sp³-hybridized carbons (Fsp3) is 0.400. The summed E-state index contributed by atoms with van der Waals surface area (Å²) in [6.07, 6.45) is 3.38. The predicted molar refractivity (Wildman–Crippen MR) is 55.5 cm³/mol. The molecule has 4 nitrogen and oxygen atoms in total. The number of rotatable bonds is 3. The molecular weight excluding hydrogens is 178 g/mol. The van der Waals surface area contributed by atoms with Gasteiger partial charge in [0.05, 0.1) is 0 Å². The quantitative estimate of drug-likeness (QED) is 0.450. The molecule has 0 bridgehead atoms. The van der Waals surface area contributed by atoms with Crippen LogP contribution in [-0.2, 0) is 0 Å². The highest BCUT2D eigenvalue weighted by Gasteiger charge is 2.08. The van der Waals surface area contributed by atoms with E-state index in [2.05, 4.69) is 9.98 Å². The van der Waals surface area contributed by atoms with E-state index < -0.39 is 0 Å². The van der Waals surface area contributed by atoms with Crippen molar-refractivity contribution in [3.05, 3.63) is 30.1 Å². The molecule has 76 valence electrons. The van der Waals surface area contributed by atoms with Crippen LogP contribution >= 0.6 is 0 Å². The molecule has 0 unspecified atom stereocenters. The molecule has 1 N–H and O–H groups in total. The van der Waals surface area contributed by atoms with Gasteiger partial charge in [-0.3, -0.25) is 15.2 Å². The molecule has 0 atom stereocenters. The van der Waals surface area contributed by atoms with Gasteiger partial charge in [0.15, 0.2) is 5.84 Å². The molecule has 14 heavy (non-hydrogen) atoms. The van der Waals surface area contributed by atoms with Crippen LogP contribution in [-0.4, -0.2) is 34.2 Å². The lowest BCUT2D eigenvalue weighted by molar-refractivity contribution is -0.00875. The number of aromatic nitrogens is 1. The van der Waals surface area contributed by atoms with Crippen molar-refractivity contribution in [3.8, 4) is 0 Å². The van der Waals surface area contributed by atoms with Crippen molar-refractivity contribution in [1.82, 2.24) is 10.0 Å². The number of amidine groups is 1. The van der Waals surface area contributed by atoms with Crippen molar-refractivity contribution in [2.24, 2.45) is 4.99 Å². The molecular formula is C10H15N3O. The van der Waals surface area contributed by atoms with E-state index in [0.717, 1.165) is 10.6 Å². The summed E-state index contributed by atoms with van der Waals surface area (Å²) < 4.78 is 0. The van der Waals surface area contributed by atoms with Crippen molar-refractivity contribution in [2.45, 2.75) is 13.8 Å². The van der Waals surface area contributed by atoms with E-state index in [-0.39, 0.29) is 0 Å². The van der Waals surface area contributed by atoms with Crippen LogP contribution < -0.4 is 0 Å². The first-order valence-corrected chi connectivity index (χ1v) is 4.70. The van der Waals surface area contributed by atoms with E-state index in [9.17, 15) is 5.21 Å². The Balaban J connectivity index is 2.95. The standard InChI is InChI=1S/C10H15N3O/c1-3-12-10(13(14)4-2)9-6-5-7-11-8-9/h5-8,14H,3-4H2,1-2H3. The lowest BCUT2D eigenvalue weighted by atomic mass is 10.2. The maximum atomic E-state index is 9.58. The van der Waals surface area contributed by atoms with Crippen molar-refractivity contribution >= 4 is 5.84 Å². The maximum Gasteiger partial charge on any atom is 0.156 e. The second-order valence-electron chi connectivity index (χ2n) is 2.76. The van der Waals surface area contributed by atoms with Gasteiger partial charge in [-0.05, 0) is 26.0 Å². The molecule has 0 saturated heterocycles. The van der Waals surface area contributed by atoms with Crippen molar-refractivity contribution in [1.29, 1.82) is 0 Å². The van der Waals surface area contributed by atoms with Crippen LogP contribution in [0.5, 0.6) is 0 Å². The van der Waals surface area contributed by atoms with Crippen LogP contribution in [0, 0.1) is 0 Å². The highest BCUT2D eigenvalue weighted by Crippen LogP contribution is 2.02. The van der Waals surface area contributed by atoms with Gasteiger partial charge in [0.2, 0.25) is 0 Å². The Morgan fingerprint density at radius 2 is 2.36 bits per heavy atom. The third kappa shape index (κ3) is 2.53. The van der Waals surface area contributed by atoms with E-state index in [1.165, 1.54) is 0 Å². The van der Waals surface area contributed by atoms with E-state index in [4.69, 9.17) is 0 Å². The van der Waals surface area contributed by atoms with Crippen LogP contribution in [0.3, 0.4) is 0 Å². The van der Waals surface area contributed by atoms with Gasteiger partial charge in [0, 0.05) is 31.0 Å². The van der Waals surface area contributed by atoms with Crippen LogP contribution in [0.15, 0.2) is 29.5 Å². The number of hydrogen-bond acceptors (Lipinski definition) is 3. The average molecular weight is 193 g/mol. The lowest BCUT2D eigenvalue weighted by Crippen LogP contribution is -2.28. The molecule has 1 rings (SSSR count). The molecule has 0 fully saturated rings. The minimum Gasteiger partial charge on any atom is -0.287 e. The molecule has 0 amide bonds. The van der Waals surface area contributed by atoms with E-state index >= 15 is 0 Å². The first kappa shape index (κ1) is 10.7. The molecule has 0 aliphatic rings. The van der Waals surface area contributed by atoms with Gasteiger partial charge in [-0.25, -0.2) is 5.06 Å². The molecule has 0 spiro atoms. The van der Waals surface area contributed by atoms with Crippen LogP contribution in [0.2, 0.25) is 0 Å². The molecule has 0 aromatic carbocycles. The Labute approximate surface area is 83.9 Å². The topological polar surface area (TPSA) is 48.7 Å². The Hall–Kier alpha value is -1.42. The summed E-state index contributed by atoms with van der Waals surface area (Å²) in [7, 11) is 0. The summed E-state index contributed by atoms with van der Waals surface area (Å²) >= 11 is 0. The summed E-state index contributed by atoms with van der Waals surface area (Å²) in [5.74, 6) is 0.572. The first-order chi connectivity index (χ1) is 6.79. The minimum absolute atomic E-state index is 0.508. The van der Waals surface area contributed by atoms with Crippen LogP contribution in [0.1, 0.15) is 19.4 Å². The zero-order valence-electron chi connectivity index (χ0n) is 8.51. The second kappa shape index (κ2) is 5.34. The Bertz CT molecular complexity index is 297. The van der Waals surface area contributed by atoms with Crippen LogP contribution in [0.4, 0.5) is 0 Å². The molecule has 4 heteroatoms. The van der Waals surface area contributed by atoms with Crippen molar-refractivity contribution < 1.29 is 5.21 Å². The minimum atomic E-state index is 0.508. The van der Waals surface area contributed by atoms with Gasteiger partial charge in [-0.15, -0.1) is 0 Å². The molecule has 0 radical (unpaired) electrons. The fourth-order valence-electron chi connectivity index (χ4n) is 1.12. The SMILES string of the molecule is CCN=C(c1cccnc1)N(O)CC. The Kier molecular flexibility index (Phi) is 4.07. The smallest absolute Gasteiger partial charge is 0.156 e. The monoisotopic (exact) mass is 193 g/mol. The zero-order valence-corrected chi connectivity index (χ0v) is 8.51. The lowest BCUT2D eigenvalue weighted by Gasteiger charge is -2.16. The van der Waals surface area contributed by atoms with Gasteiger partial charge in [0.1, 0.15) is 0 Å². The first-order valence-electron chi connectivity index (χ1n) is 4.70. The molecule has 1 heterocycles. The number of hydrogen-bond donors (Lipinski definition) is 1. The third-order valence-electron chi connectivity index (χ3n) is 1.77. The zero-order chi connectivity index (χ0) is 10.4. The summed E-state index contributed by atoms with van der Waals surface area (Å²) in [5, 5.41) is 10.7. The van der Waals surface area contributed by atoms with Gasteiger partial charge in [-0.2, -0.15) is 0 Å². The second-order valence-corrected chi connectivity index (χ2v) is 2.76. The summed E-state index contributed by atoms with van der Waals surface area (Å²) in [6.45, 7) is 4.94. The third-order valence-corrected chi connectivity index (χ3v) is 1.77. The van der Waals surface area contributed by atoms with Gasteiger partial charge < -0.3 is 0 Å². The highest BCUT2D eigenvalue weighted by atomic mass is 16.5. The maximum absolute atomic E-state index is 9.58. The number of pyridine rings is 1. The average Bonchev–Trinajstić information content (AvgIpc) is 2.26. The normalized spacial score (nSPS) is 11.5. The van der Waals surface area contributed by atoms with Gasteiger partial charge >= 0.3 is 0 Å². The highest BCUT2D eigenvalue weighted by molar-refractivity contribution is 5.97. The number of hydroxylamine groups is 2. The van der Waals surface area contributed by atoms with Crippen molar-refractivity contribution in [3.63, 3.8) is 0 Å². The van der Waals surface area contributed by atoms with E-state index in [0.29, 0.717) is 18.9 Å². The van der Waals surface area contributed by atoms with E-state index in [1.807, 2.05) is 26.0 Å². The largest absolute Gasteiger partial charge is 0.287 e. The Morgan fingerprint density at radius 1 is 1.57 bits per heavy atom. The molecule has 1 aromatic rings. The molecule has 0 aliphatic carbocycles. The fourth-order valence-corrected chi connectivity index (χ4v) is 1.12. The predicted octanol–water partition coefficient (Wildman–Crippen LogP) is 1.56. The van der Waals surface area contributed by atoms with Crippen molar-refractivity contribution in [2.75, 3.05) is 13.1 Å². The molecule has 0 aliphatic heterocycles. The summed E-state index contributed by atoms with van der Waals surface area (Å²) in [5.41, 5.74) is 0.832. The summed E-state index contributed by atoms with van der Waals surface area (Å²) in [4.78, 5) is 8.20. The Morgan fingerprint density at radius 3 is 2.86 bits per heavy atom.